The first-order valence-electron chi connectivity index (χ1n) is 25.4. The third-order valence-electron chi connectivity index (χ3n) is 14.4. The predicted molar refractivity (Wildman–Crippen MR) is 325 cm³/mol. The van der Waals surface area contributed by atoms with E-state index in [2.05, 4.69) is 340 Å². The van der Waals surface area contributed by atoms with Crippen LogP contribution in [0.4, 0.5) is 45.5 Å². The normalized spacial score (nSPS) is 13.3. The molecule has 2 aliphatic rings. The van der Waals surface area contributed by atoms with Crippen molar-refractivity contribution >= 4 is 77.4 Å². The molecule has 0 radical (unpaired) electrons. The average Bonchev–Trinajstić information content (AvgIpc) is 3.45. The Bertz CT molecular complexity index is 3310. The first-order chi connectivity index (χ1) is 36.6. The second-order valence-electron chi connectivity index (χ2n) is 19.3. The van der Waals surface area contributed by atoms with E-state index in [1.807, 2.05) is 14.1 Å². The Labute approximate surface area is 460 Å². The van der Waals surface area contributed by atoms with Crippen molar-refractivity contribution in [2.45, 2.75) is 10.8 Å². The van der Waals surface area contributed by atoms with Crippen molar-refractivity contribution < 1.29 is 0 Å². The Balaban J connectivity index is 0.000000164. The van der Waals surface area contributed by atoms with Crippen LogP contribution in [0.5, 0.6) is 0 Å². The molecule has 0 aromatic heterocycles. The maximum atomic E-state index is 3.64. The molecule has 75 heavy (non-hydrogen) atoms. The van der Waals surface area contributed by atoms with E-state index in [1.54, 1.807) is 0 Å². The fourth-order valence-electron chi connectivity index (χ4n) is 11.2. The largest absolute Gasteiger partial charge is 0.378 e. The maximum absolute atomic E-state index is 3.64. The molecule has 0 saturated carbocycles. The lowest BCUT2D eigenvalue weighted by atomic mass is 9.62. The smallest absolute Gasteiger partial charge is 0.0742 e. The zero-order valence-electron chi connectivity index (χ0n) is 43.3. The lowest BCUT2D eigenvalue weighted by Crippen LogP contribution is -2.37. The number of nitrogens with zero attached hydrogens (tertiary/aromatic N) is 4. The fourth-order valence-corrected chi connectivity index (χ4v) is 11.7. The monoisotopic (exact) mass is 1110 g/mol. The van der Waals surface area contributed by atoms with Crippen molar-refractivity contribution in [3.8, 4) is 0 Å². The highest BCUT2D eigenvalue weighted by Crippen LogP contribution is 2.59. The van der Waals surface area contributed by atoms with Gasteiger partial charge in [-0.15, -0.1) is 0 Å². The van der Waals surface area contributed by atoms with Crippen LogP contribution in [0.2, 0.25) is 0 Å². The topological polar surface area (TPSA) is 25.0 Å². The molecular weight excluding hydrogens is 1050 g/mol. The van der Waals surface area contributed by atoms with Gasteiger partial charge in [0.2, 0.25) is 0 Å². The number of para-hydroxylation sites is 6. The number of anilines is 8. The van der Waals surface area contributed by atoms with Crippen molar-refractivity contribution in [1.82, 2.24) is 5.32 Å². The number of rotatable bonds is 8. The molecule has 0 atom stereocenters. The van der Waals surface area contributed by atoms with Gasteiger partial charge in [-0.2, -0.15) is 0 Å². The molecular formula is C68H61Br2N5. The molecule has 2 heterocycles. The van der Waals surface area contributed by atoms with Crippen LogP contribution in [-0.2, 0) is 10.8 Å². The van der Waals surface area contributed by atoms with Crippen LogP contribution in [0.25, 0.3) is 0 Å². The summed E-state index contributed by atoms with van der Waals surface area (Å²) in [4.78, 5) is 9.11. The third kappa shape index (κ3) is 9.24. The van der Waals surface area contributed by atoms with Crippen LogP contribution in [0.1, 0.15) is 44.5 Å². The van der Waals surface area contributed by atoms with Crippen molar-refractivity contribution in [2.75, 3.05) is 61.9 Å². The standard InChI is InChI=1S/C35H33N3.C31H21Br2N.C2H7N/c1-36(2)28-22-18-26(19-23-28)35(27-20-24-29(25-21-27)37(3)4)31-14-8-10-16-33(31)38(30-12-6-5-7-13-30)34-17-11-9-15-32(34)35;32-24-18-14-22(15-19-24)31(23-16-20-25(33)21-17-23)27-10-4-6-12-29(27)34(26-8-2-1-3-9-26)30-13-7-5-11-28(30)31;1-3-2/h5-25H,1-4H3;1-21H;3H,1-2H3. The van der Waals surface area contributed by atoms with Gasteiger partial charge in [0.1, 0.15) is 0 Å². The van der Waals surface area contributed by atoms with Gasteiger partial charge < -0.3 is 24.9 Å². The zero-order chi connectivity index (χ0) is 52.1. The minimum atomic E-state index is -0.478. The minimum absolute atomic E-state index is 0.458. The SMILES string of the molecule is Brc1ccc(C2(c3ccc(Br)cc3)c3ccccc3N(c3ccccc3)c3ccccc32)cc1.CN(C)c1ccc(C2(c3ccc(N(C)C)cc3)c3ccccc3N(c3ccccc3)c3ccccc32)cc1.CNC. The van der Waals surface area contributed by atoms with E-state index in [1.165, 1.54) is 78.6 Å². The van der Waals surface area contributed by atoms with Gasteiger partial charge in [-0.3, -0.25) is 0 Å². The zero-order valence-corrected chi connectivity index (χ0v) is 46.5. The van der Waals surface area contributed by atoms with E-state index in [4.69, 9.17) is 0 Å². The average molecular weight is 1110 g/mol. The number of halogens is 2. The van der Waals surface area contributed by atoms with Crippen molar-refractivity contribution in [2.24, 2.45) is 0 Å². The first kappa shape index (κ1) is 50.8. The van der Waals surface area contributed by atoms with E-state index in [0.29, 0.717) is 0 Å². The number of fused-ring (bicyclic) bond motifs is 4. The molecule has 0 unspecified atom stereocenters. The van der Waals surface area contributed by atoms with Crippen LogP contribution in [-0.4, -0.2) is 42.3 Å². The molecule has 372 valence electrons. The van der Waals surface area contributed by atoms with Gasteiger partial charge in [-0.25, -0.2) is 0 Å². The Morgan fingerprint density at radius 3 is 0.787 bits per heavy atom. The molecule has 0 amide bonds. The lowest BCUT2D eigenvalue weighted by Gasteiger charge is -2.46. The van der Waals surface area contributed by atoms with Gasteiger partial charge in [-0.05, 0) is 156 Å². The predicted octanol–water partition coefficient (Wildman–Crippen LogP) is 17.2. The van der Waals surface area contributed by atoms with E-state index >= 15 is 0 Å². The highest BCUT2D eigenvalue weighted by Gasteiger charge is 2.48. The summed E-state index contributed by atoms with van der Waals surface area (Å²) in [5.74, 6) is 0. The van der Waals surface area contributed by atoms with Crippen molar-refractivity contribution in [3.05, 3.63) is 308 Å². The van der Waals surface area contributed by atoms with Crippen LogP contribution in [0.15, 0.2) is 264 Å². The molecule has 12 rings (SSSR count). The van der Waals surface area contributed by atoms with Gasteiger partial charge in [-0.1, -0.05) is 190 Å². The summed E-state index contributed by atoms with van der Waals surface area (Å²) in [5, 5.41) is 2.75. The molecule has 2 aliphatic heterocycles. The molecule has 0 aliphatic carbocycles. The second-order valence-corrected chi connectivity index (χ2v) is 21.1. The van der Waals surface area contributed by atoms with Gasteiger partial charge in [0.25, 0.3) is 0 Å². The molecule has 10 aromatic rings. The van der Waals surface area contributed by atoms with E-state index < -0.39 is 10.8 Å². The van der Waals surface area contributed by atoms with Crippen LogP contribution in [0.3, 0.4) is 0 Å². The maximum Gasteiger partial charge on any atom is 0.0742 e. The molecule has 5 nitrogen and oxygen atoms in total. The lowest BCUT2D eigenvalue weighted by molar-refractivity contribution is 0.731. The Hall–Kier alpha value is -7.68. The highest BCUT2D eigenvalue weighted by molar-refractivity contribution is 9.10. The number of hydrogen-bond acceptors (Lipinski definition) is 5. The van der Waals surface area contributed by atoms with Crippen LogP contribution >= 0.6 is 31.9 Å². The van der Waals surface area contributed by atoms with Gasteiger partial charge in [0, 0.05) is 59.9 Å². The molecule has 0 saturated heterocycles. The molecule has 7 heteroatoms. The van der Waals surface area contributed by atoms with Crippen LogP contribution in [0, 0.1) is 0 Å². The molecule has 1 N–H and O–H groups in total. The summed E-state index contributed by atoms with van der Waals surface area (Å²) in [6.45, 7) is 0. The molecule has 0 spiro atoms. The summed E-state index contributed by atoms with van der Waals surface area (Å²) >= 11 is 7.28. The summed E-state index contributed by atoms with van der Waals surface area (Å²) in [7, 11) is 12.1. The summed E-state index contributed by atoms with van der Waals surface area (Å²) in [6, 6.07) is 92.5. The minimum Gasteiger partial charge on any atom is -0.378 e. The quantitative estimate of drug-likeness (QED) is 0.164. The van der Waals surface area contributed by atoms with Gasteiger partial charge in [0.15, 0.2) is 0 Å². The van der Waals surface area contributed by atoms with E-state index in [0.717, 1.165) is 20.3 Å². The Morgan fingerprint density at radius 1 is 0.307 bits per heavy atom. The second kappa shape index (κ2) is 22.0. The van der Waals surface area contributed by atoms with E-state index in [9.17, 15) is 0 Å². The molecule has 0 bridgehead atoms. The summed E-state index contributed by atoms with van der Waals surface area (Å²) in [5.41, 5.74) is 18.6. The van der Waals surface area contributed by atoms with E-state index in [-0.39, 0.29) is 0 Å². The fraction of sp³-hybridized carbons (Fsp3) is 0.118. The van der Waals surface area contributed by atoms with Crippen molar-refractivity contribution in [1.29, 1.82) is 0 Å². The third-order valence-corrected chi connectivity index (χ3v) is 15.5. The number of hydrogen-bond donors (Lipinski definition) is 1. The first-order valence-corrected chi connectivity index (χ1v) is 27.0. The summed E-state index contributed by atoms with van der Waals surface area (Å²) in [6.07, 6.45) is 0. The Morgan fingerprint density at radius 2 is 0.533 bits per heavy atom. The van der Waals surface area contributed by atoms with Crippen molar-refractivity contribution in [3.63, 3.8) is 0 Å². The van der Waals surface area contributed by atoms with Crippen LogP contribution < -0.4 is 24.9 Å². The molecule has 0 fully saturated rings. The summed E-state index contributed by atoms with van der Waals surface area (Å²) < 4.78 is 2.15. The number of benzene rings is 10. The molecule has 10 aromatic carbocycles. The highest BCUT2D eigenvalue weighted by atomic mass is 79.9. The van der Waals surface area contributed by atoms with Gasteiger partial charge >= 0.3 is 0 Å². The van der Waals surface area contributed by atoms with Gasteiger partial charge in [0.05, 0.1) is 33.6 Å². The Kier molecular flexibility index (Phi) is 14.9. The number of nitrogens with one attached hydrogen (secondary N) is 1.